The second kappa shape index (κ2) is 11.3. The monoisotopic (exact) mass is 578 g/mol. The van der Waals surface area contributed by atoms with Crippen molar-refractivity contribution in [3.8, 4) is 11.5 Å². The number of nitrogens with zero attached hydrogens (tertiary/aromatic N) is 1. The van der Waals surface area contributed by atoms with Gasteiger partial charge >= 0.3 is 6.36 Å². The second-order valence-electron chi connectivity index (χ2n) is 9.72. The zero-order valence-corrected chi connectivity index (χ0v) is 22.1. The van der Waals surface area contributed by atoms with E-state index in [9.17, 15) is 30.8 Å². The first-order valence-electron chi connectivity index (χ1n) is 12.0. The Morgan fingerprint density at radius 3 is 2.39 bits per heavy atom. The minimum Gasteiger partial charge on any atom is -0.493 e. The molecule has 0 spiro atoms. The molecule has 1 saturated heterocycles. The second-order valence-corrected chi connectivity index (χ2v) is 11.9. The highest BCUT2D eigenvalue weighted by Crippen LogP contribution is 2.45. The summed E-state index contributed by atoms with van der Waals surface area (Å²) in [6.45, 7) is 2.12. The molecule has 0 radical (unpaired) electrons. The van der Waals surface area contributed by atoms with Gasteiger partial charge in [-0.05, 0) is 86.0 Å². The highest BCUT2D eigenvalue weighted by Gasteiger charge is 2.32. The normalized spacial score (nSPS) is 17.3. The summed E-state index contributed by atoms with van der Waals surface area (Å²) in [4.78, 5) is 14.3. The number of ether oxygens (including phenoxy) is 2. The third kappa shape index (κ3) is 8.21. The number of carbonyl (C=O) groups is 1. The molecular weight excluding hydrogens is 552 g/mol. The van der Waals surface area contributed by atoms with Crippen molar-refractivity contribution in [1.82, 2.24) is 9.62 Å². The smallest absolute Gasteiger partial charge is 0.493 e. The van der Waals surface area contributed by atoms with Crippen molar-refractivity contribution in [1.29, 1.82) is 0 Å². The van der Waals surface area contributed by atoms with Gasteiger partial charge in [0.2, 0.25) is 10.0 Å². The molecule has 1 N–H and O–H groups in total. The molecule has 2 aliphatic rings. The van der Waals surface area contributed by atoms with Crippen molar-refractivity contribution >= 4 is 27.5 Å². The molecule has 13 heteroatoms. The number of likely N-dealkylation sites (tertiary alicyclic amines) is 1. The van der Waals surface area contributed by atoms with Gasteiger partial charge in [-0.1, -0.05) is 11.6 Å². The molecule has 2 aromatic carbocycles. The number of rotatable bonds is 9. The topological polar surface area (TPSA) is 84.9 Å². The fraction of sp³-hybridized carbons (Fsp3) is 0.480. The van der Waals surface area contributed by atoms with Crippen LogP contribution in [0.25, 0.3) is 0 Å². The summed E-state index contributed by atoms with van der Waals surface area (Å²) in [6, 6.07) is 6.55. The van der Waals surface area contributed by atoms with Crippen LogP contribution in [0.1, 0.15) is 53.1 Å². The summed E-state index contributed by atoms with van der Waals surface area (Å²) in [5.41, 5.74) is 0.944. The van der Waals surface area contributed by atoms with E-state index in [1.807, 2.05) is 0 Å². The van der Waals surface area contributed by atoms with Gasteiger partial charge in [-0.15, -0.1) is 13.2 Å². The van der Waals surface area contributed by atoms with Crippen LogP contribution in [0.4, 0.5) is 17.6 Å². The Kier molecular flexibility index (Phi) is 8.43. The van der Waals surface area contributed by atoms with Gasteiger partial charge in [-0.2, -0.15) is 0 Å². The van der Waals surface area contributed by atoms with E-state index in [-0.39, 0.29) is 28.2 Å². The number of benzene rings is 2. The summed E-state index contributed by atoms with van der Waals surface area (Å²) < 4.78 is 86.9. The highest BCUT2D eigenvalue weighted by atomic mass is 35.5. The molecule has 38 heavy (non-hydrogen) atoms. The molecule has 0 bridgehead atoms. The van der Waals surface area contributed by atoms with Crippen molar-refractivity contribution in [2.75, 3.05) is 26.0 Å². The van der Waals surface area contributed by atoms with Crippen LogP contribution in [0, 0.1) is 11.7 Å². The number of amides is 1. The summed E-state index contributed by atoms with van der Waals surface area (Å²) in [7, 11) is -3.84. The van der Waals surface area contributed by atoms with Crippen LogP contribution < -0.4 is 14.2 Å². The van der Waals surface area contributed by atoms with E-state index in [4.69, 9.17) is 16.3 Å². The molecule has 0 aromatic heterocycles. The molecule has 0 unspecified atom stereocenters. The average molecular weight is 579 g/mol. The zero-order chi connectivity index (χ0) is 27.7. The minimum atomic E-state index is -4.80. The van der Waals surface area contributed by atoms with Crippen LogP contribution >= 0.6 is 11.6 Å². The number of hydrogen-bond acceptors (Lipinski definition) is 6. The Labute approximate surface area is 223 Å². The van der Waals surface area contributed by atoms with Crippen molar-refractivity contribution in [3.63, 3.8) is 0 Å². The fourth-order valence-corrected chi connectivity index (χ4v) is 5.18. The van der Waals surface area contributed by atoms with Gasteiger partial charge in [0, 0.05) is 17.6 Å². The van der Waals surface area contributed by atoms with Gasteiger partial charge in [0.15, 0.2) is 0 Å². The van der Waals surface area contributed by atoms with Crippen LogP contribution in [0.2, 0.25) is 5.02 Å². The highest BCUT2D eigenvalue weighted by molar-refractivity contribution is 7.89. The van der Waals surface area contributed by atoms with Crippen molar-refractivity contribution in [2.45, 2.75) is 44.5 Å². The lowest BCUT2D eigenvalue weighted by molar-refractivity contribution is -0.274. The Morgan fingerprint density at radius 2 is 1.79 bits per heavy atom. The van der Waals surface area contributed by atoms with Crippen molar-refractivity contribution in [3.05, 3.63) is 57.9 Å². The molecule has 208 valence electrons. The Bertz CT molecular complexity index is 1290. The van der Waals surface area contributed by atoms with Crippen LogP contribution in [-0.4, -0.2) is 51.5 Å². The van der Waals surface area contributed by atoms with Gasteiger partial charge in [0.05, 0.1) is 18.4 Å². The molecule has 0 atom stereocenters. The van der Waals surface area contributed by atoms with Gasteiger partial charge in [-0.3, -0.25) is 9.69 Å². The molecule has 2 aromatic rings. The van der Waals surface area contributed by atoms with E-state index in [1.165, 1.54) is 12.1 Å². The predicted octanol–water partition coefficient (Wildman–Crippen LogP) is 5.24. The van der Waals surface area contributed by atoms with E-state index in [0.717, 1.165) is 44.1 Å². The number of hydrogen-bond donors (Lipinski definition) is 1. The van der Waals surface area contributed by atoms with Gasteiger partial charge in [0.25, 0.3) is 5.91 Å². The molecular formula is C25H27ClF4N2O5S. The lowest BCUT2D eigenvalue weighted by Crippen LogP contribution is -2.35. The molecule has 1 amide bonds. The van der Waals surface area contributed by atoms with E-state index in [0.29, 0.717) is 43.1 Å². The van der Waals surface area contributed by atoms with Gasteiger partial charge in [-0.25, -0.2) is 17.5 Å². The summed E-state index contributed by atoms with van der Waals surface area (Å²) in [5.74, 6) is -1.60. The maximum absolute atomic E-state index is 14.7. The first kappa shape index (κ1) is 28.4. The SMILES string of the molecule is CS(=O)(=O)NC(=O)c1cc(C2CC2)c(OCC2CCN(Cc3cc(Cl)cc(OC(F)(F)F)c3)CC2)cc1F. The maximum Gasteiger partial charge on any atom is 0.573 e. The van der Waals surface area contributed by atoms with Crippen LogP contribution in [0.3, 0.4) is 0 Å². The summed E-state index contributed by atoms with van der Waals surface area (Å²) in [6.07, 6.45) is -0.710. The van der Waals surface area contributed by atoms with E-state index >= 15 is 0 Å². The van der Waals surface area contributed by atoms with Crippen LogP contribution in [-0.2, 0) is 16.6 Å². The third-order valence-electron chi connectivity index (χ3n) is 6.39. The number of alkyl halides is 3. The van der Waals surface area contributed by atoms with Crippen LogP contribution in [0.5, 0.6) is 11.5 Å². The largest absolute Gasteiger partial charge is 0.573 e. The van der Waals surface area contributed by atoms with Gasteiger partial charge < -0.3 is 9.47 Å². The van der Waals surface area contributed by atoms with E-state index < -0.39 is 28.1 Å². The lowest BCUT2D eigenvalue weighted by atomic mass is 9.97. The molecule has 4 rings (SSSR count). The first-order valence-corrected chi connectivity index (χ1v) is 14.3. The molecule has 1 saturated carbocycles. The number of piperidine rings is 1. The maximum atomic E-state index is 14.7. The number of carbonyl (C=O) groups excluding carboxylic acids is 1. The predicted molar refractivity (Wildman–Crippen MR) is 132 cm³/mol. The number of nitrogens with one attached hydrogen (secondary N) is 1. The summed E-state index contributed by atoms with van der Waals surface area (Å²) in [5, 5.41) is 0.156. The summed E-state index contributed by atoms with van der Waals surface area (Å²) >= 11 is 5.97. The van der Waals surface area contributed by atoms with E-state index in [1.54, 1.807) is 10.8 Å². The standard InChI is InChI=1S/C25H27ClF4N2O5S/c1-38(34,35)31-24(33)21-11-20(17-2-3-17)23(12-22(21)27)36-14-15-4-6-32(7-5-15)13-16-8-18(26)10-19(9-16)37-25(28,29)30/h8-12,15,17H,2-7,13-14H2,1H3,(H,31,33). The molecule has 1 aliphatic carbocycles. The molecule has 1 heterocycles. The van der Waals surface area contributed by atoms with Crippen molar-refractivity contribution in [2.24, 2.45) is 5.92 Å². The Hall–Kier alpha value is -2.57. The first-order chi connectivity index (χ1) is 17.8. The zero-order valence-electron chi connectivity index (χ0n) is 20.5. The quantitative estimate of drug-likeness (QED) is 0.410. The number of halogens is 5. The Morgan fingerprint density at radius 1 is 1.11 bits per heavy atom. The van der Waals surface area contributed by atoms with Gasteiger partial charge in [0.1, 0.15) is 17.3 Å². The average Bonchev–Trinajstić information content (AvgIpc) is 3.61. The fourth-order valence-electron chi connectivity index (χ4n) is 4.49. The number of sulfonamides is 1. The van der Waals surface area contributed by atoms with Crippen LogP contribution in [0.15, 0.2) is 30.3 Å². The Balaban J connectivity index is 1.34. The van der Waals surface area contributed by atoms with E-state index in [2.05, 4.69) is 9.64 Å². The molecule has 7 nitrogen and oxygen atoms in total. The lowest BCUT2D eigenvalue weighted by Gasteiger charge is -2.32. The van der Waals surface area contributed by atoms with Crippen molar-refractivity contribution < 1.29 is 40.2 Å². The third-order valence-corrected chi connectivity index (χ3v) is 7.17. The molecule has 1 aliphatic heterocycles. The molecule has 2 fully saturated rings. The minimum absolute atomic E-state index is 0.126.